The van der Waals surface area contributed by atoms with E-state index < -0.39 is 0 Å². The molecule has 0 spiro atoms. The van der Waals surface area contributed by atoms with Gasteiger partial charge in [0.1, 0.15) is 5.82 Å². The quantitative estimate of drug-likeness (QED) is 0.892. The number of rotatable bonds is 5. The van der Waals surface area contributed by atoms with Gasteiger partial charge in [0.25, 0.3) is 0 Å². The molecule has 3 atom stereocenters. The monoisotopic (exact) mass is 278 g/mol. The zero-order chi connectivity index (χ0) is 14.5. The number of benzene rings is 1. The van der Waals surface area contributed by atoms with Gasteiger partial charge in [-0.3, -0.25) is 4.90 Å². The summed E-state index contributed by atoms with van der Waals surface area (Å²) in [6.45, 7) is 2.89. The van der Waals surface area contributed by atoms with Crippen LogP contribution in [0.25, 0.3) is 0 Å². The molecule has 2 N–H and O–H groups in total. The van der Waals surface area contributed by atoms with Gasteiger partial charge in [-0.25, -0.2) is 4.39 Å². The van der Waals surface area contributed by atoms with E-state index in [1.807, 2.05) is 12.1 Å². The normalized spacial score (nSPS) is 26.9. The van der Waals surface area contributed by atoms with E-state index in [0.717, 1.165) is 24.3 Å². The fraction of sp³-hybridized carbons (Fsp3) is 0.647. The summed E-state index contributed by atoms with van der Waals surface area (Å²) in [4.78, 5) is 2.24. The van der Waals surface area contributed by atoms with Crippen LogP contribution in [0.15, 0.2) is 24.3 Å². The molecule has 1 fully saturated rings. The lowest BCUT2D eigenvalue weighted by atomic mass is 9.80. The first kappa shape index (κ1) is 15.5. The van der Waals surface area contributed by atoms with E-state index in [1.165, 1.54) is 25.3 Å². The van der Waals surface area contributed by atoms with Crippen molar-refractivity contribution in [1.82, 2.24) is 4.90 Å². The Hall–Kier alpha value is -0.930. The summed E-state index contributed by atoms with van der Waals surface area (Å²) in [5.41, 5.74) is 7.06. The Balaban J connectivity index is 1.99. The van der Waals surface area contributed by atoms with Crippen molar-refractivity contribution in [3.05, 3.63) is 35.6 Å². The Morgan fingerprint density at radius 3 is 2.75 bits per heavy atom. The number of nitrogens with two attached hydrogens (primary N) is 1. The highest BCUT2D eigenvalue weighted by Crippen LogP contribution is 2.30. The molecule has 0 aromatic heterocycles. The van der Waals surface area contributed by atoms with Crippen molar-refractivity contribution in [3.63, 3.8) is 0 Å². The number of hydrogen-bond donors (Lipinski definition) is 1. The zero-order valence-corrected chi connectivity index (χ0v) is 12.7. The van der Waals surface area contributed by atoms with Gasteiger partial charge >= 0.3 is 0 Å². The molecule has 2 nitrogen and oxygen atoms in total. The minimum atomic E-state index is -0.117. The predicted octanol–water partition coefficient (Wildman–Crippen LogP) is 3.55. The molecule has 0 amide bonds. The Kier molecular flexibility index (Phi) is 5.55. The fourth-order valence-electron chi connectivity index (χ4n) is 3.44. The van der Waals surface area contributed by atoms with Crippen LogP contribution in [-0.4, -0.2) is 24.0 Å². The third-order valence-corrected chi connectivity index (χ3v) is 4.62. The van der Waals surface area contributed by atoms with Gasteiger partial charge in [-0.15, -0.1) is 0 Å². The molecule has 1 aromatic carbocycles. The minimum absolute atomic E-state index is 0.117. The molecular formula is C17H27FN2. The maximum absolute atomic E-state index is 13.8. The van der Waals surface area contributed by atoms with Crippen LogP contribution in [0, 0.1) is 11.7 Å². The minimum Gasteiger partial charge on any atom is -0.326 e. The fourth-order valence-corrected chi connectivity index (χ4v) is 3.44. The van der Waals surface area contributed by atoms with E-state index >= 15 is 0 Å². The van der Waals surface area contributed by atoms with Crippen molar-refractivity contribution in [2.75, 3.05) is 7.05 Å². The second kappa shape index (κ2) is 7.19. The van der Waals surface area contributed by atoms with Gasteiger partial charge in [-0.2, -0.15) is 0 Å². The molecule has 112 valence electrons. The molecule has 1 aromatic rings. The lowest BCUT2D eigenvalue weighted by molar-refractivity contribution is 0.126. The summed E-state index contributed by atoms with van der Waals surface area (Å²) in [5, 5.41) is 0. The molecule has 1 aliphatic carbocycles. The first-order valence-electron chi connectivity index (χ1n) is 7.81. The van der Waals surface area contributed by atoms with Crippen LogP contribution in [0.1, 0.15) is 44.6 Å². The Morgan fingerprint density at radius 1 is 1.30 bits per heavy atom. The molecule has 1 saturated carbocycles. The standard InChI is InChI=1S/C17H27FN2/c1-3-6-13-9-10-16(19)17(11-13)20(2)12-14-7-4-5-8-15(14)18/h4-5,7-8,13,16-17H,3,6,9-12,19H2,1-2H3. The Morgan fingerprint density at radius 2 is 2.05 bits per heavy atom. The number of hydrogen-bond acceptors (Lipinski definition) is 2. The molecule has 0 bridgehead atoms. The largest absolute Gasteiger partial charge is 0.326 e. The van der Waals surface area contributed by atoms with Crippen molar-refractivity contribution >= 4 is 0 Å². The van der Waals surface area contributed by atoms with Crippen molar-refractivity contribution < 1.29 is 4.39 Å². The van der Waals surface area contributed by atoms with Crippen LogP contribution in [0.4, 0.5) is 4.39 Å². The molecule has 0 saturated heterocycles. The summed E-state index contributed by atoms with van der Waals surface area (Å²) < 4.78 is 13.8. The molecule has 1 aliphatic rings. The van der Waals surface area contributed by atoms with Crippen LogP contribution in [0.5, 0.6) is 0 Å². The van der Waals surface area contributed by atoms with Crippen molar-refractivity contribution in [1.29, 1.82) is 0 Å². The van der Waals surface area contributed by atoms with Gasteiger partial charge in [0, 0.05) is 24.2 Å². The summed E-state index contributed by atoms with van der Waals surface area (Å²) in [5.74, 6) is 0.668. The number of nitrogens with zero attached hydrogens (tertiary/aromatic N) is 1. The lowest BCUT2D eigenvalue weighted by Crippen LogP contribution is -2.49. The summed E-state index contributed by atoms with van der Waals surface area (Å²) in [6, 6.07) is 7.63. The smallest absolute Gasteiger partial charge is 0.127 e. The second-order valence-electron chi connectivity index (χ2n) is 6.21. The predicted molar refractivity (Wildman–Crippen MR) is 81.9 cm³/mol. The SMILES string of the molecule is CCCC1CCC(N)C(N(C)Cc2ccccc2F)C1. The van der Waals surface area contributed by atoms with Crippen molar-refractivity contribution in [3.8, 4) is 0 Å². The molecule has 2 rings (SSSR count). The van der Waals surface area contributed by atoms with E-state index in [1.54, 1.807) is 6.07 Å². The Bertz CT molecular complexity index is 421. The third kappa shape index (κ3) is 3.80. The highest BCUT2D eigenvalue weighted by atomic mass is 19.1. The van der Waals surface area contributed by atoms with Crippen LogP contribution < -0.4 is 5.73 Å². The third-order valence-electron chi connectivity index (χ3n) is 4.62. The highest BCUT2D eigenvalue weighted by Gasteiger charge is 2.30. The average Bonchev–Trinajstić information content (AvgIpc) is 2.43. The lowest BCUT2D eigenvalue weighted by Gasteiger charge is -2.39. The first-order chi connectivity index (χ1) is 9.61. The summed E-state index contributed by atoms with van der Waals surface area (Å²) >= 11 is 0. The average molecular weight is 278 g/mol. The van der Waals surface area contributed by atoms with Crippen LogP contribution in [0.2, 0.25) is 0 Å². The van der Waals surface area contributed by atoms with Gasteiger partial charge < -0.3 is 5.73 Å². The van der Waals surface area contributed by atoms with Gasteiger partial charge in [-0.1, -0.05) is 38.0 Å². The Labute approximate surface area is 122 Å². The first-order valence-corrected chi connectivity index (χ1v) is 7.81. The van der Waals surface area contributed by atoms with Gasteiger partial charge in [0.2, 0.25) is 0 Å². The van der Waals surface area contributed by atoms with Crippen molar-refractivity contribution in [2.45, 2.75) is 57.7 Å². The topological polar surface area (TPSA) is 29.3 Å². The molecule has 0 radical (unpaired) electrons. The molecule has 3 unspecified atom stereocenters. The number of likely N-dealkylation sites (N-methyl/N-ethyl adjacent to an activating group) is 1. The molecular weight excluding hydrogens is 251 g/mol. The van der Waals surface area contributed by atoms with Gasteiger partial charge in [-0.05, 0) is 38.3 Å². The van der Waals surface area contributed by atoms with Gasteiger partial charge in [0.05, 0.1) is 0 Å². The van der Waals surface area contributed by atoms with E-state index in [2.05, 4.69) is 18.9 Å². The maximum Gasteiger partial charge on any atom is 0.127 e. The van der Waals surface area contributed by atoms with Crippen LogP contribution >= 0.6 is 0 Å². The van der Waals surface area contributed by atoms with Crippen molar-refractivity contribution in [2.24, 2.45) is 11.7 Å². The highest BCUT2D eigenvalue weighted by molar-refractivity contribution is 5.17. The van der Waals surface area contributed by atoms with E-state index in [-0.39, 0.29) is 11.9 Å². The zero-order valence-electron chi connectivity index (χ0n) is 12.7. The molecule has 0 heterocycles. The van der Waals surface area contributed by atoms with Crippen LogP contribution in [-0.2, 0) is 6.54 Å². The van der Waals surface area contributed by atoms with E-state index in [4.69, 9.17) is 5.73 Å². The molecule has 0 aliphatic heterocycles. The summed E-state index contributed by atoms with van der Waals surface area (Å²) in [7, 11) is 2.07. The summed E-state index contributed by atoms with van der Waals surface area (Å²) in [6.07, 6.45) is 6.02. The second-order valence-corrected chi connectivity index (χ2v) is 6.21. The maximum atomic E-state index is 13.8. The van der Waals surface area contributed by atoms with E-state index in [9.17, 15) is 4.39 Å². The molecule has 20 heavy (non-hydrogen) atoms. The number of halogens is 1. The van der Waals surface area contributed by atoms with Gasteiger partial charge in [0.15, 0.2) is 0 Å². The van der Waals surface area contributed by atoms with E-state index in [0.29, 0.717) is 12.6 Å². The van der Waals surface area contributed by atoms with Crippen LogP contribution in [0.3, 0.4) is 0 Å². The molecule has 3 heteroatoms.